The molecule has 0 atom stereocenters. The van der Waals surface area contributed by atoms with Crippen molar-refractivity contribution in [3.63, 3.8) is 0 Å². The minimum atomic E-state index is 0.262. The van der Waals surface area contributed by atoms with E-state index < -0.39 is 0 Å². The van der Waals surface area contributed by atoms with Crippen molar-refractivity contribution in [2.75, 3.05) is 0 Å². The maximum Gasteiger partial charge on any atom is 0.164 e. The van der Waals surface area contributed by atoms with Crippen LogP contribution in [0.4, 0.5) is 0 Å². The van der Waals surface area contributed by atoms with Gasteiger partial charge in [-0.3, -0.25) is 13.7 Å². The fraction of sp³-hybridized carbons (Fsp3) is 0.130. The number of hydrogen-bond donors (Lipinski definition) is 0. The number of rotatable bonds is 12. The molecule has 0 spiro atoms. The highest BCUT2D eigenvalue weighted by atomic mass is 15.1. The van der Waals surface area contributed by atoms with Crippen LogP contribution in [0.1, 0.15) is 76.0 Å². The van der Waals surface area contributed by atoms with Crippen LogP contribution < -0.4 is 0 Å². The number of aromatic nitrogens is 9. The normalized spacial score (nSPS) is 11.8. The van der Waals surface area contributed by atoms with Crippen LogP contribution in [0.3, 0.4) is 0 Å². The van der Waals surface area contributed by atoms with Crippen LogP contribution in [-0.4, -0.2) is 43.6 Å². The Kier molecular flexibility index (Phi) is 12.2. The highest BCUT2D eigenvalue weighted by Crippen LogP contribution is 2.42. The van der Waals surface area contributed by atoms with Crippen molar-refractivity contribution in [1.29, 1.82) is 0 Å². The minimum Gasteiger partial charge on any atom is -0.292 e. The van der Waals surface area contributed by atoms with Gasteiger partial charge in [-0.15, -0.1) is 0 Å². The Morgan fingerprint density at radius 3 is 0.756 bits per heavy atom. The molecular weight excluding hydrogens is 955 g/mol. The van der Waals surface area contributed by atoms with Crippen molar-refractivity contribution in [3.05, 3.63) is 235 Å². The molecule has 0 aliphatic heterocycles. The van der Waals surface area contributed by atoms with Crippen LogP contribution in [0.25, 0.3) is 118 Å². The van der Waals surface area contributed by atoms with Crippen LogP contribution in [0.15, 0.2) is 218 Å². The van der Waals surface area contributed by atoms with E-state index in [9.17, 15) is 0 Å². The molecule has 0 unspecified atom stereocenters. The SMILES string of the molecule is CC(C)c1ccccc1-n1c(-c2ccccc2-c2nc(-c3ccccc3-c3nc4ccccc4n3-c3ccccc3C(C)C)nc(-c3ccccc3-c3nc4ccccc4n3-c3ccccc3C(C)C)n2)nc2ccccc21. The third-order valence-electron chi connectivity index (χ3n) is 14.9. The number of benzene rings is 9. The summed E-state index contributed by atoms with van der Waals surface area (Å²) in [7, 11) is 0. The summed E-state index contributed by atoms with van der Waals surface area (Å²) in [5, 5.41) is 0. The van der Waals surface area contributed by atoms with E-state index in [4.69, 9.17) is 29.9 Å². The smallest absolute Gasteiger partial charge is 0.164 e. The molecule has 78 heavy (non-hydrogen) atoms. The van der Waals surface area contributed by atoms with E-state index in [2.05, 4.69) is 274 Å². The van der Waals surface area contributed by atoms with Gasteiger partial charge in [0.15, 0.2) is 17.5 Å². The molecule has 0 aliphatic carbocycles. The van der Waals surface area contributed by atoms with Crippen LogP contribution >= 0.6 is 0 Å². The predicted octanol–water partition coefficient (Wildman–Crippen LogP) is 17.3. The molecule has 0 saturated heterocycles. The van der Waals surface area contributed by atoms with Crippen LogP contribution in [0, 0.1) is 0 Å². The number of nitrogens with zero attached hydrogens (tertiary/aromatic N) is 9. The molecule has 378 valence electrons. The summed E-state index contributed by atoms with van der Waals surface area (Å²) < 4.78 is 6.91. The Labute approximate surface area is 454 Å². The Bertz CT molecular complexity index is 3940. The van der Waals surface area contributed by atoms with E-state index in [1.165, 1.54) is 16.7 Å². The van der Waals surface area contributed by atoms with Crippen molar-refractivity contribution in [2.24, 2.45) is 0 Å². The van der Waals surface area contributed by atoms with Gasteiger partial charge in [0, 0.05) is 33.4 Å². The lowest BCUT2D eigenvalue weighted by atomic mass is 9.99. The summed E-state index contributed by atoms with van der Waals surface area (Å²) in [4.78, 5) is 33.1. The molecule has 0 amide bonds. The topological polar surface area (TPSA) is 92.1 Å². The molecule has 9 aromatic carbocycles. The number of hydrogen-bond acceptors (Lipinski definition) is 6. The number of para-hydroxylation sites is 9. The Hall–Kier alpha value is -9.60. The Morgan fingerprint density at radius 1 is 0.244 bits per heavy atom. The number of imidazole rings is 3. The quantitative estimate of drug-likeness (QED) is 0.121. The van der Waals surface area contributed by atoms with Gasteiger partial charge >= 0.3 is 0 Å². The van der Waals surface area contributed by atoms with Gasteiger partial charge in [0.2, 0.25) is 0 Å². The van der Waals surface area contributed by atoms with Gasteiger partial charge in [-0.25, -0.2) is 29.9 Å². The molecule has 13 aromatic rings. The zero-order valence-corrected chi connectivity index (χ0v) is 44.5. The van der Waals surface area contributed by atoms with E-state index in [0.29, 0.717) is 17.5 Å². The third-order valence-corrected chi connectivity index (χ3v) is 14.9. The first-order chi connectivity index (χ1) is 38.2. The molecule has 0 bridgehead atoms. The average Bonchev–Trinajstić information content (AvgIpc) is 4.30. The van der Waals surface area contributed by atoms with Gasteiger partial charge in [0.05, 0.1) is 50.2 Å². The zero-order valence-electron chi connectivity index (χ0n) is 44.5. The van der Waals surface area contributed by atoms with Crippen molar-refractivity contribution in [1.82, 2.24) is 43.6 Å². The Morgan fingerprint density at radius 2 is 0.474 bits per heavy atom. The molecule has 0 radical (unpaired) electrons. The van der Waals surface area contributed by atoms with E-state index in [0.717, 1.165) is 101 Å². The van der Waals surface area contributed by atoms with Crippen molar-refractivity contribution < 1.29 is 0 Å². The largest absolute Gasteiger partial charge is 0.292 e. The van der Waals surface area contributed by atoms with E-state index >= 15 is 0 Å². The standard InChI is InChI=1S/C69H57N9/c1-43(2)46-25-13-19-37-58(46)76-61-40-22-16-34-55(61)70-67(76)52-31-10-7-28-49(52)64-73-65(50-29-8-11-32-53(50)68-71-56-35-17-23-41-62(56)77(68)59-38-20-14-26-47(59)44(3)4)75-66(74-64)51-30-9-12-33-54(51)69-72-57-36-18-24-42-63(57)78(69)60-39-21-15-27-48(60)45(5)6/h7-45H,1-6H3. The van der Waals surface area contributed by atoms with Crippen LogP contribution in [-0.2, 0) is 0 Å². The molecule has 13 rings (SSSR count). The van der Waals surface area contributed by atoms with Gasteiger partial charge in [0.1, 0.15) is 17.5 Å². The Balaban J connectivity index is 1.10. The second-order valence-corrected chi connectivity index (χ2v) is 20.9. The zero-order chi connectivity index (χ0) is 53.0. The average molecular weight is 1010 g/mol. The summed E-state index contributed by atoms with van der Waals surface area (Å²) in [6.45, 7) is 13.4. The second-order valence-electron chi connectivity index (χ2n) is 20.9. The molecule has 0 fully saturated rings. The van der Waals surface area contributed by atoms with Crippen LogP contribution in [0.5, 0.6) is 0 Å². The van der Waals surface area contributed by atoms with E-state index in [-0.39, 0.29) is 17.8 Å². The van der Waals surface area contributed by atoms with Crippen molar-refractivity contribution in [2.45, 2.75) is 59.3 Å². The first kappa shape index (κ1) is 48.1. The summed E-state index contributed by atoms with van der Waals surface area (Å²) >= 11 is 0. The predicted molar refractivity (Wildman–Crippen MR) is 319 cm³/mol. The fourth-order valence-electron chi connectivity index (χ4n) is 11.2. The molecule has 0 saturated carbocycles. The van der Waals surface area contributed by atoms with E-state index in [1.807, 2.05) is 0 Å². The van der Waals surface area contributed by atoms with E-state index in [1.54, 1.807) is 0 Å². The first-order valence-electron chi connectivity index (χ1n) is 27.0. The number of fused-ring (bicyclic) bond motifs is 3. The van der Waals surface area contributed by atoms with Gasteiger partial charge in [-0.2, -0.15) is 0 Å². The second kappa shape index (κ2) is 19.8. The lowest BCUT2D eigenvalue weighted by molar-refractivity contribution is 0.850. The van der Waals surface area contributed by atoms with Gasteiger partial charge in [-0.1, -0.05) is 205 Å². The molecule has 9 nitrogen and oxygen atoms in total. The summed E-state index contributed by atoms with van der Waals surface area (Å²) in [5.74, 6) is 4.67. The molecule has 4 aromatic heterocycles. The summed E-state index contributed by atoms with van der Waals surface area (Å²) in [5.41, 5.74) is 17.7. The lowest BCUT2D eigenvalue weighted by Crippen LogP contribution is -2.07. The van der Waals surface area contributed by atoms with Gasteiger partial charge < -0.3 is 0 Å². The summed E-state index contributed by atoms with van der Waals surface area (Å²) in [6.07, 6.45) is 0. The van der Waals surface area contributed by atoms with Crippen molar-refractivity contribution in [3.8, 4) is 85.4 Å². The highest BCUT2D eigenvalue weighted by Gasteiger charge is 2.27. The van der Waals surface area contributed by atoms with Gasteiger partial charge in [0.25, 0.3) is 0 Å². The maximum absolute atomic E-state index is 5.59. The monoisotopic (exact) mass is 1010 g/mol. The molecule has 0 aliphatic rings. The maximum atomic E-state index is 5.59. The molecule has 0 N–H and O–H groups in total. The molecule has 9 heteroatoms. The fourth-order valence-corrected chi connectivity index (χ4v) is 11.2. The third kappa shape index (κ3) is 8.26. The summed E-state index contributed by atoms with van der Waals surface area (Å²) in [6, 6.07) is 76.2. The van der Waals surface area contributed by atoms with Crippen molar-refractivity contribution >= 4 is 33.1 Å². The van der Waals surface area contributed by atoms with Gasteiger partial charge in [-0.05, 0) is 89.0 Å². The lowest BCUT2D eigenvalue weighted by Gasteiger charge is -2.19. The molecule has 4 heterocycles. The minimum absolute atomic E-state index is 0.262. The first-order valence-corrected chi connectivity index (χ1v) is 27.0. The molecular formula is C69H57N9. The van der Waals surface area contributed by atoms with Crippen LogP contribution in [0.2, 0.25) is 0 Å². The highest BCUT2D eigenvalue weighted by molar-refractivity contribution is 5.92.